The summed E-state index contributed by atoms with van der Waals surface area (Å²) in [5.74, 6) is -1.18. The van der Waals surface area contributed by atoms with Gasteiger partial charge in [0.1, 0.15) is 12.3 Å². The smallest absolute Gasteiger partial charge is 0.294 e. The zero-order chi connectivity index (χ0) is 24.9. The Kier molecular flexibility index (Phi) is 7.07. The molecule has 3 aromatic rings. The standard InChI is InChI=1S/C26H22N4O4S/c1-16-8-9-20(12-17(16)2)28-29-21-10-11-22(31)18(13-21)14-23-25(33)30(26(34)35-23)15-24(32)27-19-6-4-3-5-7-19/h3-14,31H,15H2,1-2H3,(H,27,32)/b23-14-,29-28?. The second kappa shape index (κ2) is 10.4. The zero-order valence-corrected chi connectivity index (χ0v) is 19.9. The SMILES string of the molecule is Cc1ccc(N=Nc2ccc(O)c(/C=C3\SC(=O)N(CC(=O)Nc4ccccc4)C3=O)c2)cc1C. The van der Waals surface area contributed by atoms with Crippen LogP contribution >= 0.6 is 11.8 Å². The highest BCUT2D eigenvalue weighted by Crippen LogP contribution is 2.35. The Balaban J connectivity index is 1.49. The number of carbonyl (C=O) groups excluding carboxylic acids is 3. The second-order valence-corrected chi connectivity index (χ2v) is 8.89. The molecule has 9 heteroatoms. The van der Waals surface area contributed by atoms with Crippen LogP contribution in [-0.2, 0) is 9.59 Å². The highest BCUT2D eigenvalue weighted by atomic mass is 32.2. The Hall–Kier alpha value is -4.24. The minimum Gasteiger partial charge on any atom is -0.507 e. The van der Waals surface area contributed by atoms with Crippen LogP contribution in [-0.4, -0.2) is 33.6 Å². The van der Waals surface area contributed by atoms with Gasteiger partial charge >= 0.3 is 0 Å². The molecule has 1 saturated heterocycles. The van der Waals surface area contributed by atoms with Crippen molar-refractivity contribution in [2.45, 2.75) is 13.8 Å². The van der Waals surface area contributed by atoms with Crippen LogP contribution in [0, 0.1) is 13.8 Å². The van der Waals surface area contributed by atoms with Crippen LogP contribution in [0.4, 0.5) is 21.9 Å². The van der Waals surface area contributed by atoms with Gasteiger partial charge in [-0.25, -0.2) is 0 Å². The summed E-state index contributed by atoms with van der Waals surface area (Å²) in [5.41, 5.74) is 4.28. The minimum atomic E-state index is -0.607. The summed E-state index contributed by atoms with van der Waals surface area (Å²) in [6, 6.07) is 19.1. The molecule has 1 aliphatic rings. The van der Waals surface area contributed by atoms with Crippen LogP contribution in [0.15, 0.2) is 81.9 Å². The van der Waals surface area contributed by atoms with E-state index in [-0.39, 0.29) is 10.7 Å². The molecule has 3 aromatic carbocycles. The van der Waals surface area contributed by atoms with Gasteiger partial charge in [-0.1, -0.05) is 24.3 Å². The third-order valence-electron chi connectivity index (χ3n) is 5.30. The molecular weight excluding hydrogens is 464 g/mol. The lowest BCUT2D eigenvalue weighted by Crippen LogP contribution is -2.36. The normalized spacial score (nSPS) is 14.8. The quantitative estimate of drug-likeness (QED) is 0.323. The topological polar surface area (TPSA) is 111 Å². The van der Waals surface area contributed by atoms with Crippen molar-refractivity contribution < 1.29 is 19.5 Å². The highest BCUT2D eigenvalue weighted by molar-refractivity contribution is 8.18. The largest absolute Gasteiger partial charge is 0.507 e. The van der Waals surface area contributed by atoms with Gasteiger partial charge in [-0.3, -0.25) is 19.3 Å². The molecule has 0 aliphatic carbocycles. The molecule has 0 atom stereocenters. The summed E-state index contributed by atoms with van der Waals surface area (Å²) >= 11 is 0.706. The third-order valence-corrected chi connectivity index (χ3v) is 6.21. The molecule has 1 fully saturated rings. The van der Waals surface area contributed by atoms with E-state index in [1.165, 1.54) is 12.1 Å². The predicted octanol–water partition coefficient (Wildman–Crippen LogP) is 6.10. The van der Waals surface area contributed by atoms with E-state index < -0.39 is 23.6 Å². The van der Waals surface area contributed by atoms with Crippen molar-refractivity contribution in [3.05, 3.63) is 88.3 Å². The van der Waals surface area contributed by atoms with Crippen LogP contribution < -0.4 is 5.32 Å². The first-order chi connectivity index (χ1) is 16.8. The fraction of sp³-hybridized carbons (Fsp3) is 0.115. The third kappa shape index (κ3) is 5.82. The Labute approximate surface area is 206 Å². The summed E-state index contributed by atoms with van der Waals surface area (Å²) in [6.07, 6.45) is 1.41. The monoisotopic (exact) mass is 486 g/mol. The number of phenols is 1. The van der Waals surface area contributed by atoms with Crippen LogP contribution in [0.1, 0.15) is 16.7 Å². The second-order valence-electron chi connectivity index (χ2n) is 7.89. The van der Waals surface area contributed by atoms with E-state index in [0.717, 1.165) is 16.0 Å². The number of amides is 3. The molecule has 3 amide bonds. The van der Waals surface area contributed by atoms with Crippen molar-refractivity contribution >= 4 is 52.0 Å². The Morgan fingerprint density at radius 2 is 1.66 bits per heavy atom. The van der Waals surface area contributed by atoms with Gasteiger partial charge in [0.25, 0.3) is 11.1 Å². The molecule has 0 aromatic heterocycles. The maximum absolute atomic E-state index is 12.8. The fourth-order valence-corrected chi connectivity index (χ4v) is 4.10. The number of imide groups is 1. The van der Waals surface area contributed by atoms with E-state index in [4.69, 9.17) is 0 Å². The van der Waals surface area contributed by atoms with Gasteiger partial charge in [0.2, 0.25) is 5.91 Å². The van der Waals surface area contributed by atoms with Crippen molar-refractivity contribution in [2.75, 3.05) is 11.9 Å². The molecule has 1 aliphatic heterocycles. The Bertz CT molecular complexity index is 1370. The van der Waals surface area contributed by atoms with Gasteiger partial charge in [0, 0.05) is 11.3 Å². The van der Waals surface area contributed by atoms with Gasteiger partial charge in [-0.05, 0) is 85.3 Å². The summed E-state index contributed by atoms with van der Waals surface area (Å²) in [5, 5.41) is 20.8. The molecule has 8 nitrogen and oxygen atoms in total. The zero-order valence-electron chi connectivity index (χ0n) is 19.1. The number of aryl methyl sites for hydroxylation is 2. The van der Waals surface area contributed by atoms with Gasteiger partial charge < -0.3 is 10.4 Å². The number of hydrogen-bond donors (Lipinski definition) is 2. The van der Waals surface area contributed by atoms with Crippen LogP contribution in [0.3, 0.4) is 0 Å². The lowest BCUT2D eigenvalue weighted by molar-refractivity contribution is -0.127. The number of azo groups is 1. The summed E-state index contributed by atoms with van der Waals surface area (Å²) in [4.78, 5) is 38.4. The minimum absolute atomic E-state index is 0.0799. The molecule has 0 radical (unpaired) electrons. The first-order valence-electron chi connectivity index (χ1n) is 10.7. The van der Waals surface area contributed by atoms with E-state index in [1.54, 1.807) is 36.4 Å². The Morgan fingerprint density at radius 3 is 2.37 bits per heavy atom. The molecule has 4 rings (SSSR count). The first-order valence-corrected chi connectivity index (χ1v) is 11.5. The van der Waals surface area contributed by atoms with E-state index in [2.05, 4.69) is 15.5 Å². The van der Waals surface area contributed by atoms with Crippen molar-refractivity contribution in [3.8, 4) is 5.75 Å². The van der Waals surface area contributed by atoms with Crippen LogP contribution in [0.5, 0.6) is 5.75 Å². The van der Waals surface area contributed by atoms with Gasteiger partial charge in [0.15, 0.2) is 0 Å². The fourth-order valence-electron chi connectivity index (χ4n) is 3.27. The first kappa shape index (κ1) is 23.9. The number of nitrogens with one attached hydrogen (secondary N) is 1. The van der Waals surface area contributed by atoms with E-state index in [1.807, 2.05) is 38.1 Å². The van der Waals surface area contributed by atoms with Gasteiger partial charge in [0.05, 0.1) is 16.3 Å². The summed E-state index contributed by atoms with van der Waals surface area (Å²) in [7, 11) is 0. The number of thioether (sulfide) groups is 1. The average molecular weight is 487 g/mol. The number of para-hydroxylation sites is 1. The van der Waals surface area contributed by atoms with Crippen molar-refractivity contribution in [1.82, 2.24) is 4.90 Å². The Morgan fingerprint density at radius 1 is 0.971 bits per heavy atom. The molecule has 1 heterocycles. The number of aromatic hydroxyl groups is 1. The van der Waals surface area contributed by atoms with E-state index in [0.29, 0.717) is 34.4 Å². The number of hydrogen-bond acceptors (Lipinski definition) is 7. The van der Waals surface area contributed by atoms with Crippen molar-refractivity contribution in [2.24, 2.45) is 10.2 Å². The predicted molar refractivity (Wildman–Crippen MR) is 136 cm³/mol. The van der Waals surface area contributed by atoms with E-state index >= 15 is 0 Å². The molecule has 2 N–H and O–H groups in total. The number of nitrogens with zero attached hydrogens (tertiary/aromatic N) is 3. The summed E-state index contributed by atoms with van der Waals surface area (Å²) in [6.45, 7) is 3.60. The number of carbonyl (C=O) groups is 3. The molecule has 176 valence electrons. The molecule has 0 saturated carbocycles. The molecule has 0 bridgehead atoms. The molecule has 0 spiro atoms. The maximum Gasteiger partial charge on any atom is 0.294 e. The summed E-state index contributed by atoms with van der Waals surface area (Å²) < 4.78 is 0. The highest BCUT2D eigenvalue weighted by Gasteiger charge is 2.36. The van der Waals surface area contributed by atoms with E-state index in [9.17, 15) is 19.5 Å². The average Bonchev–Trinajstić information content (AvgIpc) is 3.09. The van der Waals surface area contributed by atoms with Crippen LogP contribution in [0.2, 0.25) is 0 Å². The molecule has 0 unspecified atom stereocenters. The lowest BCUT2D eigenvalue weighted by atomic mass is 10.1. The molecule has 35 heavy (non-hydrogen) atoms. The lowest BCUT2D eigenvalue weighted by Gasteiger charge is -2.12. The number of phenolic OH excluding ortho intramolecular Hbond substituents is 1. The van der Waals surface area contributed by atoms with Gasteiger partial charge in [-0.2, -0.15) is 10.2 Å². The van der Waals surface area contributed by atoms with Crippen molar-refractivity contribution in [3.63, 3.8) is 0 Å². The maximum atomic E-state index is 12.8. The number of rotatable bonds is 6. The molecular formula is C26H22N4O4S. The number of benzene rings is 3. The van der Waals surface area contributed by atoms with Crippen molar-refractivity contribution in [1.29, 1.82) is 0 Å². The van der Waals surface area contributed by atoms with Gasteiger partial charge in [-0.15, -0.1) is 0 Å². The van der Waals surface area contributed by atoms with Crippen LogP contribution in [0.25, 0.3) is 6.08 Å². The number of anilines is 1.